The van der Waals surface area contributed by atoms with Crippen LogP contribution < -0.4 is 11.1 Å². The Kier molecular flexibility index (Phi) is 5.81. The number of halogens is 1. The predicted octanol–water partition coefficient (Wildman–Crippen LogP) is 2.45. The highest BCUT2D eigenvalue weighted by molar-refractivity contribution is 6.36. The highest BCUT2D eigenvalue weighted by Gasteiger charge is 2.18. The number of nitrogens with one attached hydrogen (secondary N) is 1. The van der Waals surface area contributed by atoms with Gasteiger partial charge in [-0.05, 0) is 38.4 Å². The summed E-state index contributed by atoms with van der Waals surface area (Å²) in [5.41, 5.74) is 7.62. The van der Waals surface area contributed by atoms with E-state index in [4.69, 9.17) is 10.2 Å². The zero-order valence-electron chi connectivity index (χ0n) is 15.7. The van der Waals surface area contributed by atoms with Crippen LogP contribution in [-0.4, -0.2) is 49.1 Å². The zero-order chi connectivity index (χ0) is 20.3. The smallest absolute Gasteiger partial charge is 0.229 e. The molecule has 8 heteroatoms. The number of nitrogens with zero attached hydrogens (tertiary/aromatic N) is 2. The van der Waals surface area contributed by atoms with Gasteiger partial charge in [0.05, 0.1) is 5.56 Å². The van der Waals surface area contributed by atoms with E-state index in [-0.39, 0.29) is 29.9 Å². The number of nitrogens with two attached hydrogens (primary N) is 1. The third-order valence-corrected chi connectivity index (χ3v) is 4.27. The number of Topliss-reactive ketones (excluding diaryl/α,β-unsaturated/α-hetero) is 1. The molecule has 3 N–H and O–H groups in total. The number of ketones is 1. The first-order chi connectivity index (χ1) is 13.4. The first-order valence-electron chi connectivity index (χ1n) is 8.74. The summed E-state index contributed by atoms with van der Waals surface area (Å²) in [6.45, 7) is 1.51. The van der Waals surface area contributed by atoms with Crippen LogP contribution >= 0.6 is 0 Å². The van der Waals surface area contributed by atoms with Crippen LogP contribution in [-0.2, 0) is 11.3 Å². The highest BCUT2D eigenvalue weighted by Crippen LogP contribution is 2.30. The van der Waals surface area contributed by atoms with Crippen molar-refractivity contribution in [3.8, 4) is 11.5 Å². The number of aldehydes is 1. The topological polar surface area (TPSA) is 101 Å². The van der Waals surface area contributed by atoms with E-state index in [9.17, 15) is 14.0 Å². The number of likely N-dealkylation sites (N-methyl/N-ethyl adjacent to an activating group) is 1. The lowest BCUT2D eigenvalue weighted by Crippen LogP contribution is -2.20. The van der Waals surface area contributed by atoms with Gasteiger partial charge in [0, 0.05) is 36.4 Å². The van der Waals surface area contributed by atoms with Crippen molar-refractivity contribution in [1.29, 1.82) is 0 Å². The van der Waals surface area contributed by atoms with E-state index in [1.807, 2.05) is 19.0 Å². The molecule has 2 aromatic carbocycles. The number of oxazole rings is 1. The monoisotopic (exact) mass is 384 g/mol. The summed E-state index contributed by atoms with van der Waals surface area (Å²) in [6, 6.07) is 7.77. The van der Waals surface area contributed by atoms with Crippen molar-refractivity contribution in [1.82, 2.24) is 9.88 Å². The van der Waals surface area contributed by atoms with Gasteiger partial charge in [-0.1, -0.05) is 6.07 Å². The van der Waals surface area contributed by atoms with E-state index >= 15 is 0 Å². The van der Waals surface area contributed by atoms with E-state index in [1.165, 1.54) is 6.07 Å². The van der Waals surface area contributed by atoms with Crippen LogP contribution in [0, 0.1) is 5.82 Å². The van der Waals surface area contributed by atoms with Crippen molar-refractivity contribution >= 4 is 28.9 Å². The minimum Gasteiger partial charge on any atom is -0.435 e. The number of rotatable bonds is 8. The van der Waals surface area contributed by atoms with E-state index in [1.54, 1.807) is 24.3 Å². The van der Waals surface area contributed by atoms with Gasteiger partial charge in [-0.25, -0.2) is 9.37 Å². The van der Waals surface area contributed by atoms with E-state index in [2.05, 4.69) is 10.3 Å². The van der Waals surface area contributed by atoms with E-state index in [0.717, 1.165) is 6.54 Å². The average molecular weight is 384 g/mol. The molecule has 0 aliphatic rings. The van der Waals surface area contributed by atoms with Gasteiger partial charge >= 0.3 is 0 Å². The summed E-state index contributed by atoms with van der Waals surface area (Å²) in [7, 11) is 3.90. The molecule has 3 rings (SSSR count). The Morgan fingerprint density at radius 2 is 2.11 bits per heavy atom. The lowest BCUT2D eigenvalue weighted by Gasteiger charge is -2.11. The minimum atomic E-state index is -0.714. The molecule has 0 saturated carbocycles. The maximum absolute atomic E-state index is 14.1. The van der Waals surface area contributed by atoms with Gasteiger partial charge in [0.25, 0.3) is 0 Å². The summed E-state index contributed by atoms with van der Waals surface area (Å²) in [5.74, 6) is -1.02. The number of carbonyl (C=O) groups excluding carboxylic acids is 2. The molecular formula is C20H21FN4O3. The Balaban J connectivity index is 2.04. The molecule has 0 aliphatic carbocycles. The van der Waals surface area contributed by atoms with Crippen LogP contribution in [0.5, 0.6) is 0 Å². The lowest BCUT2D eigenvalue weighted by molar-refractivity contribution is -0.104. The van der Waals surface area contributed by atoms with Gasteiger partial charge in [0.1, 0.15) is 11.3 Å². The minimum absolute atomic E-state index is 0.0830. The third kappa shape index (κ3) is 4.08. The van der Waals surface area contributed by atoms with Crippen molar-refractivity contribution in [2.45, 2.75) is 6.54 Å². The Bertz CT molecular complexity index is 1030. The largest absolute Gasteiger partial charge is 0.435 e. The first-order valence-corrected chi connectivity index (χ1v) is 8.74. The Labute approximate surface area is 161 Å². The fourth-order valence-electron chi connectivity index (χ4n) is 2.77. The van der Waals surface area contributed by atoms with Crippen LogP contribution in [0.3, 0.4) is 0 Å². The number of benzene rings is 2. The molecule has 0 saturated heterocycles. The van der Waals surface area contributed by atoms with Crippen LogP contribution in [0.1, 0.15) is 15.9 Å². The quantitative estimate of drug-likeness (QED) is 0.349. The average Bonchev–Trinajstić information content (AvgIpc) is 3.10. The summed E-state index contributed by atoms with van der Waals surface area (Å²) in [6.07, 6.45) is 0.232. The Morgan fingerprint density at radius 3 is 2.75 bits per heavy atom. The molecule has 146 valence electrons. The van der Waals surface area contributed by atoms with Crippen molar-refractivity contribution < 1.29 is 18.4 Å². The Morgan fingerprint density at radius 1 is 1.32 bits per heavy atom. The van der Waals surface area contributed by atoms with Gasteiger partial charge in [-0.15, -0.1) is 0 Å². The molecule has 3 aromatic rings. The number of hydrogen-bond acceptors (Lipinski definition) is 7. The number of aromatic nitrogens is 1. The second-order valence-corrected chi connectivity index (χ2v) is 6.61. The van der Waals surface area contributed by atoms with Gasteiger partial charge in [-0.3, -0.25) is 9.59 Å². The fraction of sp³-hybridized carbons (Fsp3) is 0.250. The third-order valence-electron chi connectivity index (χ3n) is 4.27. The molecule has 0 bridgehead atoms. The normalized spacial score (nSPS) is 11.2. The van der Waals surface area contributed by atoms with Crippen molar-refractivity contribution in [2.75, 3.05) is 32.5 Å². The molecule has 7 nitrogen and oxygen atoms in total. The predicted molar refractivity (Wildman–Crippen MR) is 105 cm³/mol. The molecule has 0 unspecified atom stereocenters. The molecule has 1 heterocycles. The summed E-state index contributed by atoms with van der Waals surface area (Å²) in [5, 5.41) is 3.20. The van der Waals surface area contributed by atoms with E-state index in [0.29, 0.717) is 28.9 Å². The molecule has 0 amide bonds. The van der Waals surface area contributed by atoms with E-state index < -0.39 is 11.6 Å². The summed E-state index contributed by atoms with van der Waals surface area (Å²) >= 11 is 0. The van der Waals surface area contributed by atoms with Gasteiger partial charge in [-0.2, -0.15) is 0 Å². The number of hydrogen-bond donors (Lipinski definition) is 2. The van der Waals surface area contributed by atoms with Crippen LogP contribution in [0.2, 0.25) is 0 Å². The number of anilines is 1. The molecular weight excluding hydrogens is 363 g/mol. The standard InChI is InChI=1S/C20H21FN4O3/c1-25(2)6-5-23-14-8-15(18(27)11-26)19-17(9-14)24-20(28-19)12-3-4-13(10-22)16(21)7-12/h3-4,7-9,11,23H,5-6,10,22H2,1-2H3. The molecule has 0 fully saturated rings. The molecule has 0 atom stereocenters. The zero-order valence-corrected chi connectivity index (χ0v) is 15.7. The molecule has 28 heavy (non-hydrogen) atoms. The van der Waals surface area contributed by atoms with Gasteiger partial charge < -0.3 is 20.4 Å². The Hall–Kier alpha value is -3.10. The molecule has 0 radical (unpaired) electrons. The van der Waals surface area contributed by atoms with Crippen molar-refractivity contribution in [3.05, 3.63) is 47.3 Å². The van der Waals surface area contributed by atoms with Crippen LogP contribution in [0.25, 0.3) is 22.6 Å². The van der Waals surface area contributed by atoms with Crippen molar-refractivity contribution in [2.24, 2.45) is 5.73 Å². The van der Waals surface area contributed by atoms with Gasteiger partial charge in [0.15, 0.2) is 11.9 Å². The highest BCUT2D eigenvalue weighted by atomic mass is 19.1. The van der Waals surface area contributed by atoms with Gasteiger partial charge in [0.2, 0.25) is 11.7 Å². The fourth-order valence-corrected chi connectivity index (χ4v) is 2.77. The number of carbonyl (C=O) groups is 2. The SMILES string of the molecule is CN(C)CCNc1cc(C(=O)C=O)c2oc(-c3ccc(CN)c(F)c3)nc2c1. The molecule has 0 aliphatic heterocycles. The van der Waals surface area contributed by atoms with Crippen LogP contribution in [0.15, 0.2) is 34.7 Å². The molecule has 1 aromatic heterocycles. The lowest BCUT2D eigenvalue weighted by atomic mass is 10.1. The molecule has 0 spiro atoms. The summed E-state index contributed by atoms with van der Waals surface area (Å²) in [4.78, 5) is 29.5. The second-order valence-electron chi connectivity index (χ2n) is 6.61. The number of fused-ring (bicyclic) bond motifs is 1. The first kappa shape index (κ1) is 19.7. The van der Waals surface area contributed by atoms with Crippen LogP contribution in [0.4, 0.5) is 10.1 Å². The maximum atomic E-state index is 14.1. The van der Waals surface area contributed by atoms with Crippen molar-refractivity contribution in [3.63, 3.8) is 0 Å². The summed E-state index contributed by atoms with van der Waals surface area (Å²) < 4.78 is 19.8. The maximum Gasteiger partial charge on any atom is 0.229 e. The second kappa shape index (κ2) is 8.28.